The van der Waals surface area contributed by atoms with Crippen molar-refractivity contribution in [1.82, 2.24) is 4.98 Å². The average Bonchev–Trinajstić information content (AvgIpc) is 3.21. The van der Waals surface area contributed by atoms with E-state index in [0.717, 1.165) is 32.0 Å². The molecule has 0 fully saturated rings. The maximum absolute atomic E-state index is 12.5. The van der Waals surface area contributed by atoms with Crippen LogP contribution in [0.3, 0.4) is 0 Å². The van der Waals surface area contributed by atoms with Gasteiger partial charge in [-0.2, -0.15) is 5.26 Å². The van der Waals surface area contributed by atoms with E-state index in [1.807, 2.05) is 36.4 Å². The van der Waals surface area contributed by atoms with Gasteiger partial charge < -0.3 is 10.6 Å². The molecular formula is C25H19ClN4OS. The van der Waals surface area contributed by atoms with Crippen molar-refractivity contribution < 1.29 is 4.79 Å². The summed E-state index contributed by atoms with van der Waals surface area (Å²) in [5.74, 6) is -0.508. The van der Waals surface area contributed by atoms with Gasteiger partial charge in [0.15, 0.2) is 0 Å². The molecule has 1 heterocycles. The molecule has 0 saturated heterocycles. The molecule has 0 atom stereocenters. The van der Waals surface area contributed by atoms with Crippen LogP contribution in [-0.2, 0) is 4.79 Å². The van der Waals surface area contributed by atoms with Gasteiger partial charge in [0.1, 0.15) is 16.6 Å². The van der Waals surface area contributed by atoms with Gasteiger partial charge in [0.25, 0.3) is 5.91 Å². The van der Waals surface area contributed by atoms with Gasteiger partial charge in [-0.15, -0.1) is 11.3 Å². The predicted molar refractivity (Wildman–Crippen MR) is 132 cm³/mol. The zero-order chi connectivity index (χ0) is 22.7. The molecule has 0 bridgehead atoms. The Morgan fingerprint density at radius 1 is 1.12 bits per heavy atom. The second-order valence-electron chi connectivity index (χ2n) is 7.25. The molecule has 0 unspecified atom stereocenters. The number of nitriles is 1. The smallest absolute Gasteiger partial charge is 0.267 e. The number of benzene rings is 3. The van der Waals surface area contributed by atoms with Crippen molar-refractivity contribution in [3.8, 4) is 16.6 Å². The second-order valence-corrected chi connectivity index (χ2v) is 8.69. The third-order valence-corrected chi connectivity index (χ3v) is 6.42. The number of nitrogens with zero attached hydrogens (tertiary/aromatic N) is 2. The van der Waals surface area contributed by atoms with Crippen molar-refractivity contribution in [2.24, 2.45) is 0 Å². The number of nitrogens with one attached hydrogen (secondary N) is 2. The van der Waals surface area contributed by atoms with Gasteiger partial charge in [0.2, 0.25) is 0 Å². The van der Waals surface area contributed by atoms with Crippen LogP contribution in [0, 0.1) is 25.2 Å². The van der Waals surface area contributed by atoms with Crippen molar-refractivity contribution in [3.63, 3.8) is 0 Å². The van der Waals surface area contributed by atoms with Gasteiger partial charge >= 0.3 is 0 Å². The van der Waals surface area contributed by atoms with Gasteiger partial charge in [-0.05, 0) is 73.5 Å². The summed E-state index contributed by atoms with van der Waals surface area (Å²) in [5.41, 5.74) is 5.22. The summed E-state index contributed by atoms with van der Waals surface area (Å²) in [6.45, 7) is 3.87. The number of aryl methyl sites for hydroxylation is 1. The van der Waals surface area contributed by atoms with Crippen LogP contribution in [-0.4, -0.2) is 10.9 Å². The Kier molecular flexibility index (Phi) is 6.22. The topological polar surface area (TPSA) is 77.8 Å². The molecule has 1 amide bonds. The summed E-state index contributed by atoms with van der Waals surface area (Å²) >= 11 is 7.74. The zero-order valence-electron chi connectivity index (χ0n) is 17.4. The maximum Gasteiger partial charge on any atom is 0.267 e. The molecule has 32 heavy (non-hydrogen) atoms. The minimum absolute atomic E-state index is 0.0463. The van der Waals surface area contributed by atoms with Crippen molar-refractivity contribution in [2.75, 3.05) is 10.6 Å². The number of amides is 1. The third kappa shape index (κ3) is 4.65. The number of fused-ring (bicyclic) bond motifs is 1. The predicted octanol–water partition coefficient (Wildman–Crippen LogP) is 6.69. The fourth-order valence-corrected chi connectivity index (χ4v) is 4.34. The lowest BCUT2D eigenvalue weighted by atomic mass is 10.2. The Balaban J connectivity index is 1.47. The Morgan fingerprint density at radius 3 is 2.66 bits per heavy atom. The van der Waals surface area contributed by atoms with Gasteiger partial charge in [-0.3, -0.25) is 4.79 Å². The first-order valence-electron chi connectivity index (χ1n) is 9.85. The number of hydrogen-bond acceptors (Lipinski definition) is 5. The average molecular weight is 459 g/mol. The summed E-state index contributed by atoms with van der Waals surface area (Å²) in [7, 11) is 0. The van der Waals surface area contributed by atoms with Gasteiger partial charge in [-0.25, -0.2) is 4.98 Å². The molecule has 2 N–H and O–H groups in total. The summed E-state index contributed by atoms with van der Waals surface area (Å²) in [4.78, 5) is 17.2. The number of rotatable bonds is 5. The van der Waals surface area contributed by atoms with E-state index >= 15 is 0 Å². The number of carbonyl (C=O) groups excluding carboxylic acids is 1. The van der Waals surface area contributed by atoms with E-state index in [4.69, 9.17) is 16.6 Å². The molecule has 5 nitrogen and oxygen atoms in total. The zero-order valence-corrected chi connectivity index (χ0v) is 19.0. The Hall–Kier alpha value is -3.66. The highest BCUT2D eigenvalue weighted by atomic mass is 35.5. The summed E-state index contributed by atoms with van der Waals surface area (Å²) < 4.78 is 1.16. The quantitative estimate of drug-likeness (QED) is 0.258. The van der Waals surface area contributed by atoms with E-state index in [1.165, 1.54) is 11.8 Å². The molecule has 4 rings (SSSR count). The summed E-state index contributed by atoms with van der Waals surface area (Å²) in [6.07, 6.45) is 1.39. The number of anilines is 2. The highest BCUT2D eigenvalue weighted by molar-refractivity contribution is 7.21. The van der Waals surface area contributed by atoms with Crippen LogP contribution in [0.1, 0.15) is 11.1 Å². The highest BCUT2D eigenvalue weighted by Gasteiger charge is 2.12. The number of carbonyl (C=O) groups is 1. The van der Waals surface area contributed by atoms with E-state index < -0.39 is 5.91 Å². The van der Waals surface area contributed by atoms with Gasteiger partial charge in [0.05, 0.1) is 10.2 Å². The summed E-state index contributed by atoms with van der Waals surface area (Å²) in [5, 5.41) is 16.6. The van der Waals surface area contributed by atoms with Crippen LogP contribution < -0.4 is 10.6 Å². The van der Waals surface area contributed by atoms with Crippen LogP contribution in [0.4, 0.5) is 11.4 Å². The molecule has 0 aliphatic rings. The van der Waals surface area contributed by atoms with Crippen molar-refractivity contribution in [3.05, 3.63) is 88.6 Å². The van der Waals surface area contributed by atoms with Crippen LogP contribution >= 0.6 is 22.9 Å². The molecule has 1 aromatic heterocycles. The van der Waals surface area contributed by atoms with Crippen LogP contribution in [0.15, 0.2) is 72.4 Å². The fourth-order valence-electron chi connectivity index (χ4n) is 3.10. The molecule has 7 heteroatoms. The van der Waals surface area contributed by atoms with E-state index in [9.17, 15) is 10.1 Å². The third-order valence-electron chi connectivity index (χ3n) is 4.94. The molecule has 3 aromatic carbocycles. The minimum Gasteiger partial charge on any atom is -0.360 e. The maximum atomic E-state index is 12.5. The number of halogens is 1. The van der Waals surface area contributed by atoms with Crippen LogP contribution in [0.25, 0.3) is 20.8 Å². The second kappa shape index (κ2) is 9.23. The SMILES string of the molecule is Cc1ccc2nc(-c3ccc(N/C=C(/C#N)C(=O)Nc4cccc(Cl)c4C)cc3)sc2c1. The Morgan fingerprint density at radius 2 is 1.91 bits per heavy atom. The number of aromatic nitrogens is 1. The van der Waals surface area contributed by atoms with Crippen LogP contribution in [0.2, 0.25) is 5.02 Å². The van der Waals surface area contributed by atoms with Crippen molar-refractivity contribution >= 4 is 50.4 Å². The first-order chi connectivity index (χ1) is 15.4. The minimum atomic E-state index is -0.508. The standard InChI is InChI=1S/C25H19ClN4OS/c1-15-6-11-22-23(12-15)32-25(30-22)17-7-9-19(10-8-17)28-14-18(13-27)24(31)29-21-5-3-4-20(26)16(21)2/h3-12,14,28H,1-2H3,(H,29,31)/b18-14-. The number of thiazole rings is 1. The molecule has 0 spiro atoms. The summed E-state index contributed by atoms with van der Waals surface area (Å²) in [6, 6.07) is 21.1. The molecule has 0 aliphatic heterocycles. The Bertz CT molecular complexity index is 1380. The van der Waals surface area contributed by atoms with Gasteiger partial charge in [-0.1, -0.05) is 23.7 Å². The largest absolute Gasteiger partial charge is 0.360 e. The van der Waals surface area contributed by atoms with Crippen molar-refractivity contribution in [2.45, 2.75) is 13.8 Å². The fraction of sp³-hybridized carbons (Fsp3) is 0.0800. The lowest BCUT2D eigenvalue weighted by Gasteiger charge is -2.09. The van der Waals surface area contributed by atoms with E-state index in [1.54, 1.807) is 36.5 Å². The molecular weight excluding hydrogens is 440 g/mol. The monoisotopic (exact) mass is 458 g/mol. The molecule has 158 valence electrons. The molecule has 0 aliphatic carbocycles. The Labute approximate surface area is 195 Å². The normalized spacial score (nSPS) is 11.2. The lowest BCUT2D eigenvalue weighted by molar-refractivity contribution is -0.112. The first kappa shape index (κ1) is 21.6. The van der Waals surface area contributed by atoms with Gasteiger partial charge in [0, 0.05) is 28.2 Å². The molecule has 0 saturated carbocycles. The lowest BCUT2D eigenvalue weighted by Crippen LogP contribution is -2.15. The van der Waals surface area contributed by atoms with Crippen LogP contribution in [0.5, 0.6) is 0 Å². The first-order valence-corrected chi connectivity index (χ1v) is 11.0. The highest BCUT2D eigenvalue weighted by Crippen LogP contribution is 2.31. The van der Waals surface area contributed by atoms with E-state index in [2.05, 4.69) is 29.7 Å². The number of hydrogen-bond donors (Lipinski definition) is 2. The molecule has 4 aromatic rings. The van der Waals surface area contributed by atoms with E-state index in [-0.39, 0.29) is 5.57 Å². The van der Waals surface area contributed by atoms with Crippen molar-refractivity contribution in [1.29, 1.82) is 5.26 Å². The van der Waals surface area contributed by atoms with E-state index in [0.29, 0.717) is 10.7 Å². The molecule has 0 radical (unpaired) electrons.